The molecular weight excluding hydrogens is 466 g/mol. The van der Waals surface area contributed by atoms with Crippen LogP contribution in [0.15, 0.2) is 23.1 Å². The Labute approximate surface area is 196 Å². The Kier molecular flexibility index (Phi) is 6.64. The Balaban J connectivity index is 1.61. The number of carbonyl (C=O) groups is 2. The van der Waals surface area contributed by atoms with E-state index < -0.39 is 27.9 Å². The van der Waals surface area contributed by atoms with Gasteiger partial charge in [0.2, 0.25) is 15.9 Å². The van der Waals surface area contributed by atoms with Crippen molar-refractivity contribution in [1.82, 2.24) is 4.31 Å². The van der Waals surface area contributed by atoms with Gasteiger partial charge in [0.1, 0.15) is 11.0 Å². The maximum atomic E-state index is 13.4. The molecule has 1 aromatic carbocycles. The first-order chi connectivity index (χ1) is 15.8. The summed E-state index contributed by atoms with van der Waals surface area (Å²) in [6.07, 6.45) is 4.53. The Morgan fingerprint density at radius 2 is 1.85 bits per heavy atom. The average Bonchev–Trinajstić information content (AvgIpc) is 3.43. The van der Waals surface area contributed by atoms with E-state index in [1.807, 2.05) is 0 Å². The molecule has 1 saturated heterocycles. The highest BCUT2D eigenvalue weighted by molar-refractivity contribution is 7.89. The molecule has 2 amide bonds. The second kappa shape index (κ2) is 9.32. The number of nitrogens with one attached hydrogen (secondary N) is 1. The van der Waals surface area contributed by atoms with E-state index in [0.717, 1.165) is 36.1 Å². The van der Waals surface area contributed by atoms with Crippen LogP contribution in [0.4, 0.5) is 5.00 Å². The predicted molar refractivity (Wildman–Crippen MR) is 125 cm³/mol. The number of primary amides is 1. The lowest BCUT2D eigenvalue weighted by Crippen LogP contribution is -2.43. The quantitative estimate of drug-likeness (QED) is 0.610. The number of rotatable bonds is 7. The van der Waals surface area contributed by atoms with Crippen molar-refractivity contribution >= 4 is 38.2 Å². The number of carbonyl (C=O) groups excluding carboxylic acids is 2. The maximum Gasteiger partial charge on any atom is 0.251 e. The number of nitrogens with zero attached hydrogens (tertiary/aromatic N) is 1. The molecule has 1 aliphatic carbocycles. The molecule has 2 aromatic rings. The maximum absolute atomic E-state index is 13.4. The van der Waals surface area contributed by atoms with Gasteiger partial charge in [0, 0.05) is 17.5 Å². The van der Waals surface area contributed by atoms with E-state index in [4.69, 9.17) is 15.2 Å². The number of benzene rings is 1. The van der Waals surface area contributed by atoms with Crippen LogP contribution in [0, 0.1) is 0 Å². The molecule has 2 heterocycles. The van der Waals surface area contributed by atoms with E-state index in [-0.39, 0.29) is 17.2 Å². The summed E-state index contributed by atoms with van der Waals surface area (Å²) in [5.74, 6) is -0.342. The normalized spacial score (nSPS) is 18.5. The number of thiophene rings is 1. The molecule has 2 aliphatic rings. The minimum Gasteiger partial charge on any atom is -0.493 e. The summed E-state index contributed by atoms with van der Waals surface area (Å²) in [6, 6.07) is 3.46. The zero-order valence-corrected chi connectivity index (χ0v) is 20.2. The van der Waals surface area contributed by atoms with Gasteiger partial charge in [0.05, 0.1) is 24.7 Å². The SMILES string of the molecule is COc1ccc(S(=O)(=O)N2CCCC2C(=O)Nc2sc3c(c2C(N)=O)CCCC3)cc1OC. The lowest BCUT2D eigenvalue weighted by atomic mass is 9.95. The summed E-state index contributed by atoms with van der Waals surface area (Å²) in [5.41, 5.74) is 6.89. The van der Waals surface area contributed by atoms with Crippen molar-refractivity contribution in [3.05, 3.63) is 34.2 Å². The van der Waals surface area contributed by atoms with Crippen molar-refractivity contribution in [1.29, 1.82) is 0 Å². The number of hydrogen-bond donors (Lipinski definition) is 2. The molecule has 1 aromatic heterocycles. The van der Waals surface area contributed by atoms with Crippen LogP contribution in [0.5, 0.6) is 11.5 Å². The molecule has 1 unspecified atom stereocenters. The van der Waals surface area contributed by atoms with E-state index in [1.165, 1.54) is 48.1 Å². The number of fused-ring (bicyclic) bond motifs is 1. The highest BCUT2D eigenvalue weighted by Crippen LogP contribution is 2.39. The number of amides is 2. The van der Waals surface area contributed by atoms with E-state index >= 15 is 0 Å². The van der Waals surface area contributed by atoms with E-state index in [0.29, 0.717) is 29.2 Å². The number of aryl methyl sites for hydroxylation is 1. The van der Waals surface area contributed by atoms with E-state index in [1.54, 1.807) is 0 Å². The van der Waals surface area contributed by atoms with Crippen molar-refractivity contribution in [2.75, 3.05) is 26.1 Å². The van der Waals surface area contributed by atoms with Gasteiger partial charge in [0.15, 0.2) is 11.5 Å². The number of hydrogen-bond acceptors (Lipinski definition) is 7. The smallest absolute Gasteiger partial charge is 0.251 e. The molecule has 9 nitrogen and oxygen atoms in total. The van der Waals surface area contributed by atoms with Gasteiger partial charge in [-0.25, -0.2) is 8.42 Å². The third kappa shape index (κ3) is 4.32. The van der Waals surface area contributed by atoms with Crippen molar-refractivity contribution in [3.63, 3.8) is 0 Å². The highest BCUT2D eigenvalue weighted by Gasteiger charge is 2.40. The summed E-state index contributed by atoms with van der Waals surface area (Å²) in [5, 5.41) is 3.23. The third-order valence-corrected chi connectivity index (χ3v) is 9.23. The molecular formula is C22H27N3O6S2. The molecule has 3 N–H and O–H groups in total. The average molecular weight is 494 g/mol. The largest absolute Gasteiger partial charge is 0.493 e. The number of sulfonamides is 1. The monoisotopic (exact) mass is 493 g/mol. The van der Waals surface area contributed by atoms with Gasteiger partial charge in [-0.3, -0.25) is 9.59 Å². The van der Waals surface area contributed by atoms with Crippen LogP contribution in [0.2, 0.25) is 0 Å². The Morgan fingerprint density at radius 1 is 1.12 bits per heavy atom. The molecule has 0 spiro atoms. The molecule has 0 bridgehead atoms. The summed E-state index contributed by atoms with van der Waals surface area (Å²) in [6.45, 7) is 0.221. The summed E-state index contributed by atoms with van der Waals surface area (Å²) in [4.78, 5) is 26.4. The highest BCUT2D eigenvalue weighted by atomic mass is 32.2. The first-order valence-electron chi connectivity index (χ1n) is 10.8. The van der Waals surface area contributed by atoms with Gasteiger partial charge in [-0.05, 0) is 56.2 Å². The topological polar surface area (TPSA) is 128 Å². The van der Waals surface area contributed by atoms with Crippen molar-refractivity contribution in [2.24, 2.45) is 5.73 Å². The van der Waals surface area contributed by atoms with Gasteiger partial charge >= 0.3 is 0 Å². The molecule has 33 heavy (non-hydrogen) atoms. The van der Waals surface area contributed by atoms with Crippen LogP contribution < -0.4 is 20.5 Å². The second-order valence-electron chi connectivity index (χ2n) is 8.06. The van der Waals surface area contributed by atoms with Crippen LogP contribution in [-0.2, 0) is 27.7 Å². The lowest BCUT2D eigenvalue weighted by Gasteiger charge is -2.23. The van der Waals surface area contributed by atoms with Gasteiger partial charge in [-0.15, -0.1) is 11.3 Å². The Morgan fingerprint density at radius 3 is 2.55 bits per heavy atom. The van der Waals surface area contributed by atoms with E-state index in [9.17, 15) is 18.0 Å². The summed E-state index contributed by atoms with van der Waals surface area (Å²) < 4.78 is 38.4. The van der Waals surface area contributed by atoms with Crippen molar-refractivity contribution < 1.29 is 27.5 Å². The van der Waals surface area contributed by atoms with Crippen LogP contribution in [0.25, 0.3) is 0 Å². The first-order valence-corrected chi connectivity index (χ1v) is 13.0. The molecule has 1 atom stereocenters. The fourth-order valence-corrected chi connectivity index (χ4v) is 7.48. The number of nitrogens with two attached hydrogens (primary N) is 1. The summed E-state index contributed by atoms with van der Waals surface area (Å²) in [7, 11) is -1.07. The fourth-order valence-electron chi connectivity index (χ4n) is 4.51. The molecule has 4 rings (SSSR count). The molecule has 11 heteroatoms. The van der Waals surface area contributed by atoms with Gasteiger partial charge in [-0.2, -0.15) is 4.31 Å². The van der Waals surface area contributed by atoms with Crippen molar-refractivity contribution in [2.45, 2.75) is 49.5 Å². The van der Waals surface area contributed by atoms with Crippen LogP contribution in [-0.4, -0.2) is 51.3 Å². The molecule has 1 aliphatic heterocycles. The minimum absolute atomic E-state index is 0.0178. The number of methoxy groups -OCH3 is 2. The van der Waals surface area contributed by atoms with Crippen molar-refractivity contribution in [3.8, 4) is 11.5 Å². The third-order valence-electron chi connectivity index (χ3n) is 6.12. The number of ether oxygens (including phenoxy) is 2. The van der Waals surface area contributed by atoms with Crippen LogP contribution in [0.1, 0.15) is 46.5 Å². The molecule has 178 valence electrons. The zero-order chi connectivity index (χ0) is 23.8. The van der Waals surface area contributed by atoms with Crippen LogP contribution in [0.3, 0.4) is 0 Å². The molecule has 0 radical (unpaired) electrons. The second-order valence-corrected chi connectivity index (χ2v) is 11.1. The summed E-state index contributed by atoms with van der Waals surface area (Å²) >= 11 is 1.36. The Bertz CT molecular complexity index is 1190. The minimum atomic E-state index is -3.96. The molecule has 0 saturated carbocycles. The predicted octanol–water partition coefficient (Wildman–Crippen LogP) is 2.53. The van der Waals surface area contributed by atoms with Gasteiger partial charge < -0.3 is 20.5 Å². The van der Waals surface area contributed by atoms with Gasteiger partial charge in [0.25, 0.3) is 5.91 Å². The van der Waals surface area contributed by atoms with Crippen LogP contribution >= 0.6 is 11.3 Å². The molecule has 1 fully saturated rings. The number of anilines is 1. The first kappa shape index (κ1) is 23.5. The Hall–Kier alpha value is -2.63. The van der Waals surface area contributed by atoms with Gasteiger partial charge in [-0.1, -0.05) is 0 Å². The zero-order valence-electron chi connectivity index (χ0n) is 18.5. The van der Waals surface area contributed by atoms with E-state index in [2.05, 4.69) is 5.32 Å². The fraction of sp³-hybridized carbons (Fsp3) is 0.455. The standard InChI is InChI=1S/C22H27N3O6S2/c1-30-16-10-9-13(12-17(16)31-2)33(28,29)25-11-5-7-15(25)21(27)24-22-19(20(23)26)14-6-3-4-8-18(14)32-22/h9-10,12,15H,3-8,11H2,1-2H3,(H2,23,26)(H,24,27). The lowest BCUT2D eigenvalue weighted by molar-refractivity contribution is -0.119.